The Kier molecular flexibility index (Phi) is 3.18. The Balaban J connectivity index is 2.41. The Bertz CT molecular complexity index is 883. The molecule has 106 valence electrons. The zero-order chi connectivity index (χ0) is 15.1. The van der Waals surface area contributed by atoms with Gasteiger partial charge in [-0.2, -0.15) is 10.4 Å². The fraction of sp³-hybridized carbons (Fsp3) is 0.214. The Morgan fingerprint density at radius 1 is 1.43 bits per heavy atom. The number of rotatable bonds is 2. The maximum absolute atomic E-state index is 9.33. The van der Waals surface area contributed by atoms with Crippen molar-refractivity contribution < 1.29 is 0 Å². The number of imidazole rings is 1. The lowest BCUT2D eigenvalue weighted by atomic mass is 10.2. The number of nitrogens with two attached hydrogens (primary N) is 1. The minimum atomic E-state index is 0.349. The van der Waals surface area contributed by atoms with Crippen molar-refractivity contribution in [1.29, 1.82) is 5.26 Å². The zero-order valence-corrected chi connectivity index (χ0v) is 13.2. The average Bonchev–Trinajstić information content (AvgIpc) is 2.95. The fourth-order valence-corrected chi connectivity index (χ4v) is 2.81. The van der Waals surface area contributed by atoms with Crippen molar-refractivity contribution in [3.63, 3.8) is 0 Å². The van der Waals surface area contributed by atoms with Crippen molar-refractivity contribution in [3.05, 3.63) is 33.9 Å². The van der Waals surface area contributed by atoms with Gasteiger partial charge in [-0.25, -0.2) is 9.67 Å². The molecule has 0 spiro atoms. The lowest BCUT2D eigenvalue weighted by molar-refractivity contribution is 0.751. The van der Waals surface area contributed by atoms with Crippen LogP contribution in [0.25, 0.3) is 16.9 Å². The molecule has 0 saturated carbocycles. The van der Waals surface area contributed by atoms with E-state index in [0.717, 1.165) is 27.8 Å². The standard InChI is InChI=1S/C14H13BrN6/c1-3-10-12-13(20(2)19-10)21(14(17)18-12)11-6-9(15)5-4-8(11)7-16/h4-6H,3H2,1-2H3,(H2,17,18). The average molecular weight is 345 g/mol. The molecule has 0 aliphatic heterocycles. The Hall–Kier alpha value is -2.33. The molecule has 0 saturated heterocycles. The second-order valence-electron chi connectivity index (χ2n) is 4.67. The fourth-order valence-electron chi connectivity index (χ4n) is 2.46. The molecule has 0 bridgehead atoms. The summed E-state index contributed by atoms with van der Waals surface area (Å²) >= 11 is 3.43. The van der Waals surface area contributed by atoms with Crippen molar-refractivity contribution in [2.24, 2.45) is 7.05 Å². The molecule has 0 unspecified atom stereocenters. The minimum absolute atomic E-state index is 0.349. The van der Waals surface area contributed by atoms with Crippen molar-refractivity contribution >= 4 is 33.0 Å². The van der Waals surface area contributed by atoms with Gasteiger partial charge in [0.25, 0.3) is 0 Å². The van der Waals surface area contributed by atoms with E-state index in [1.165, 1.54) is 0 Å². The Morgan fingerprint density at radius 3 is 2.86 bits per heavy atom. The summed E-state index contributed by atoms with van der Waals surface area (Å²) in [7, 11) is 1.85. The third-order valence-electron chi connectivity index (χ3n) is 3.39. The number of hydrogen-bond acceptors (Lipinski definition) is 4. The SMILES string of the molecule is CCc1nn(C)c2c1nc(N)n2-c1cc(Br)ccc1C#N. The molecule has 0 fully saturated rings. The molecule has 3 aromatic rings. The summed E-state index contributed by atoms with van der Waals surface area (Å²) in [5, 5.41) is 13.8. The van der Waals surface area contributed by atoms with Gasteiger partial charge < -0.3 is 5.73 Å². The maximum atomic E-state index is 9.33. The van der Waals surface area contributed by atoms with Crippen molar-refractivity contribution in [1.82, 2.24) is 19.3 Å². The number of aryl methyl sites for hydroxylation is 2. The summed E-state index contributed by atoms with van der Waals surface area (Å²) in [5.74, 6) is 0.349. The number of nitrogen functional groups attached to an aromatic ring is 1. The summed E-state index contributed by atoms with van der Waals surface area (Å²) in [6.45, 7) is 2.02. The van der Waals surface area contributed by atoms with Gasteiger partial charge in [0.1, 0.15) is 11.6 Å². The highest BCUT2D eigenvalue weighted by molar-refractivity contribution is 9.10. The van der Waals surface area contributed by atoms with Crippen LogP contribution in [-0.4, -0.2) is 19.3 Å². The van der Waals surface area contributed by atoms with E-state index in [9.17, 15) is 5.26 Å². The van der Waals surface area contributed by atoms with Crippen molar-refractivity contribution in [3.8, 4) is 11.8 Å². The first-order chi connectivity index (χ1) is 10.1. The number of benzene rings is 1. The van der Waals surface area contributed by atoms with Gasteiger partial charge in [-0.05, 0) is 24.6 Å². The van der Waals surface area contributed by atoms with Gasteiger partial charge >= 0.3 is 0 Å². The number of halogens is 1. The third-order valence-corrected chi connectivity index (χ3v) is 3.88. The molecule has 1 aromatic carbocycles. The number of nitrogens with zero attached hydrogens (tertiary/aromatic N) is 5. The summed E-state index contributed by atoms with van der Waals surface area (Å²) in [6.07, 6.45) is 0.775. The lowest BCUT2D eigenvalue weighted by Crippen LogP contribution is -2.06. The van der Waals surface area contributed by atoms with Crippen LogP contribution in [0.5, 0.6) is 0 Å². The molecular weight excluding hydrogens is 332 g/mol. The smallest absolute Gasteiger partial charge is 0.207 e. The number of nitriles is 1. The minimum Gasteiger partial charge on any atom is -0.369 e. The summed E-state index contributed by atoms with van der Waals surface area (Å²) in [6, 6.07) is 7.62. The first-order valence-electron chi connectivity index (χ1n) is 6.46. The number of fused-ring (bicyclic) bond motifs is 1. The molecule has 0 aliphatic carbocycles. The van der Waals surface area contributed by atoms with Crippen molar-refractivity contribution in [2.45, 2.75) is 13.3 Å². The van der Waals surface area contributed by atoms with Crippen molar-refractivity contribution in [2.75, 3.05) is 5.73 Å². The van der Waals surface area contributed by atoms with Gasteiger partial charge in [0.2, 0.25) is 5.95 Å². The van der Waals surface area contributed by atoms with Crippen LogP contribution >= 0.6 is 15.9 Å². The van der Waals surface area contributed by atoms with Gasteiger partial charge in [0.05, 0.1) is 16.9 Å². The van der Waals surface area contributed by atoms with Gasteiger partial charge in [0, 0.05) is 11.5 Å². The second-order valence-corrected chi connectivity index (χ2v) is 5.59. The molecular formula is C14H13BrN6. The van der Waals surface area contributed by atoms with E-state index in [1.54, 1.807) is 15.3 Å². The normalized spacial score (nSPS) is 11.0. The highest BCUT2D eigenvalue weighted by Crippen LogP contribution is 2.28. The van der Waals surface area contributed by atoms with E-state index >= 15 is 0 Å². The molecule has 7 heteroatoms. The van der Waals surface area contributed by atoms with Crippen LogP contribution in [0.4, 0.5) is 5.95 Å². The molecule has 3 rings (SSSR count). The first-order valence-corrected chi connectivity index (χ1v) is 7.26. The van der Waals surface area contributed by atoms with Crippen LogP contribution in [0.3, 0.4) is 0 Å². The Labute approximate surface area is 129 Å². The van der Waals surface area contributed by atoms with Crippen LogP contribution in [-0.2, 0) is 13.5 Å². The molecule has 0 aliphatic rings. The van der Waals surface area contributed by atoms with Crippen LogP contribution in [0.15, 0.2) is 22.7 Å². The third kappa shape index (κ3) is 1.99. The first kappa shape index (κ1) is 13.6. The molecule has 0 atom stereocenters. The topological polar surface area (TPSA) is 85.5 Å². The van der Waals surface area contributed by atoms with Gasteiger partial charge in [-0.3, -0.25) is 4.57 Å². The molecule has 2 heterocycles. The quantitative estimate of drug-likeness (QED) is 0.773. The summed E-state index contributed by atoms with van der Waals surface area (Å²) in [4.78, 5) is 4.42. The van der Waals surface area contributed by atoms with E-state index in [-0.39, 0.29) is 0 Å². The lowest BCUT2D eigenvalue weighted by Gasteiger charge is -2.09. The van der Waals surface area contributed by atoms with Gasteiger partial charge in [-0.15, -0.1) is 0 Å². The van der Waals surface area contributed by atoms with Crippen LogP contribution in [0.2, 0.25) is 0 Å². The van der Waals surface area contributed by atoms with Crippen LogP contribution in [0.1, 0.15) is 18.2 Å². The largest absolute Gasteiger partial charge is 0.369 e. The maximum Gasteiger partial charge on any atom is 0.207 e. The van der Waals surface area contributed by atoms with E-state index < -0.39 is 0 Å². The predicted molar refractivity (Wildman–Crippen MR) is 84.0 cm³/mol. The van der Waals surface area contributed by atoms with E-state index in [2.05, 4.69) is 32.1 Å². The van der Waals surface area contributed by atoms with Gasteiger partial charge in [-0.1, -0.05) is 22.9 Å². The highest BCUT2D eigenvalue weighted by atomic mass is 79.9. The van der Waals surface area contributed by atoms with E-state index in [4.69, 9.17) is 5.73 Å². The van der Waals surface area contributed by atoms with E-state index in [1.807, 2.05) is 26.1 Å². The number of anilines is 1. The molecule has 0 amide bonds. The Morgan fingerprint density at radius 2 is 2.19 bits per heavy atom. The van der Waals surface area contributed by atoms with E-state index in [0.29, 0.717) is 17.2 Å². The van der Waals surface area contributed by atoms with Crippen LogP contribution < -0.4 is 5.73 Å². The number of aromatic nitrogens is 4. The highest BCUT2D eigenvalue weighted by Gasteiger charge is 2.20. The zero-order valence-electron chi connectivity index (χ0n) is 11.6. The summed E-state index contributed by atoms with van der Waals surface area (Å²) < 4.78 is 4.39. The molecule has 21 heavy (non-hydrogen) atoms. The summed E-state index contributed by atoms with van der Waals surface area (Å²) in [5.41, 5.74) is 9.77. The molecule has 6 nitrogen and oxygen atoms in total. The molecule has 0 radical (unpaired) electrons. The predicted octanol–water partition coefficient (Wildman–Crippen LogP) is 2.54. The number of hydrogen-bond donors (Lipinski definition) is 1. The van der Waals surface area contributed by atoms with Gasteiger partial charge in [0.15, 0.2) is 5.65 Å². The molecule has 2 aromatic heterocycles. The van der Waals surface area contributed by atoms with Crippen LogP contribution in [0, 0.1) is 11.3 Å². The monoisotopic (exact) mass is 344 g/mol. The second kappa shape index (κ2) is 4.90. The molecule has 2 N–H and O–H groups in total.